The quantitative estimate of drug-likeness (QED) is 0.565. The minimum absolute atomic E-state index is 0.333. The molecule has 0 radical (unpaired) electrons. The van der Waals surface area contributed by atoms with Gasteiger partial charge in [-0.2, -0.15) is 9.36 Å². The predicted molar refractivity (Wildman–Crippen MR) is 91.9 cm³/mol. The van der Waals surface area contributed by atoms with Crippen LogP contribution in [0.4, 0.5) is 0 Å². The summed E-state index contributed by atoms with van der Waals surface area (Å²) in [5.74, 6) is -0.333. The fraction of sp³-hybridized carbons (Fsp3) is 0.500. The summed E-state index contributed by atoms with van der Waals surface area (Å²) in [6.07, 6.45) is -0.164. The summed E-state index contributed by atoms with van der Waals surface area (Å²) >= 11 is 5.52. The van der Waals surface area contributed by atoms with Gasteiger partial charge in [0.15, 0.2) is 12.7 Å². The highest BCUT2D eigenvalue weighted by atomic mass is 32.1. The third-order valence-electron chi connectivity index (χ3n) is 4.57. The molecule has 2 aromatic rings. The van der Waals surface area contributed by atoms with Crippen LogP contribution in [-0.4, -0.2) is 56.7 Å². The first-order chi connectivity index (χ1) is 11.9. The first-order valence-corrected chi connectivity index (χ1v) is 8.52. The van der Waals surface area contributed by atoms with Gasteiger partial charge < -0.3 is 14.7 Å². The molecule has 3 rings (SSSR count). The Morgan fingerprint density at radius 1 is 1.44 bits per heavy atom. The standard InChI is InChI=1S/C16H21N5O3S/c1-10-4-5-11(2)13(6-10)21-16(25)20(17-18-21)9-19-8-12(22)7-14(19)15(23)24-3/h4-6,12,14,22H,7-9H2,1-3H3/p+1/t12-,14-/m0/s1. The number of tetrazole rings is 1. The largest absolute Gasteiger partial charge is 0.465 e. The maximum absolute atomic E-state index is 11.9. The summed E-state index contributed by atoms with van der Waals surface area (Å²) in [7, 11) is 1.35. The molecule has 1 aromatic heterocycles. The summed E-state index contributed by atoms with van der Waals surface area (Å²) in [5.41, 5.74) is 3.04. The van der Waals surface area contributed by atoms with Gasteiger partial charge >= 0.3 is 5.97 Å². The van der Waals surface area contributed by atoms with Gasteiger partial charge in [0, 0.05) is 6.42 Å². The Morgan fingerprint density at radius 2 is 2.20 bits per heavy atom. The fourth-order valence-electron chi connectivity index (χ4n) is 3.21. The topological polar surface area (TPSA) is 86.6 Å². The average Bonchev–Trinajstić information content (AvgIpc) is 3.13. The number of carbonyl (C=O) groups is 1. The van der Waals surface area contributed by atoms with Crippen molar-refractivity contribution in [2.75, 3.05) is 13.7 Å². The first-order valence-electron chi connectivity index (χ1n) is 8.11. The molecule has 1 unspecified atom stereocenters. The molecule has 0 bridgehead atoms. The van der Waals surface area contributed by atoms with Crippen LogP contribution in [0.3, 0.4) is 0 Å². The number of rotatable bonds is 4. The fourth-order valence-corrected chi connectivity index (χ4v) is 3.45. The number of likely N-dealkylation sites (tertiary alicyclic amines) is 1. The van der Waals surface area contributed by atoms with Gasteiger partial charge in [-0.1, -0.05) is 12.1 Å². The zero-order chi connectivity index (χ0) is 18.1. The predicted octanol–water partition coefficient (Wildman–Crippen LogP) is -0.436. The number of esters is 1. The number of aryl methyl sites for hydroxylation is 2. The highest BCUT2D eigenvalue weighted by Gasteiger charge is 2.41. The first kappa shape index (κ1) is 17.7. The number of aromatic nitrogens is 4. The van der Waals surface area contributed by atoms with Gasteiger partial charge in [0.25, 0.3) is 0 Å². The summed E-state index contributed by atoms with van der Waals surface area (Å²) in [6, 6.07) is 5.63. The van der Waals surface area contributed by atoms with E-state index in [2.05, 4.69) is 10.4 Å². The van der Waals surface area contributed by atoms with Crippen molar-refractivity contribution in [3.8, 4) is 5.69 Å². The number of aliphatic hydroxyl groups excluding tert-OH is 1. The summed E-state index contributed by atoms with van der Waals surface area (Å²) < 4.78 is 8.49. The SMILES string of the molecule is COC(=O)[C@@H]1C[C@H](O)C[NH+]1Cn1nnn(-c2cc(C)ccc2C)c1=S. The van der Waals surface area contributed by atoms with Crippen LogP contribution in [-0.2, 0) is 16.2 Å². The monoisotopic (exact) mass is 364 g/mol. The molecule has 134 valence electrons. The Morgan fingerprint density at radius 3 is 2.92 bits per heavy atom. The number of hydrogen-bond donors (Lipinski definition) is 2. The summed E-state index contributed by atoms with van der Waals surface area (Å²) in [6.45, 7) is 4.79. The highest BCUT2D eigenvalue weighted by Crippen LogP contribution is 2.15. The van der Waals surface area contributed by atoms with Gasteiger partial charge in [-0.3, -0.25) is 0 Å². The lowest BCUT2D eigenvalue weighted by Gasteiger charge is -2.18. The average molecular weight is 364 g/mol. The van der Waals surface area contributed by atoms with Crippen LogP contribution in [0.2, 0.25) is 0 Å². The van der Waals surface area contributed by atoms with Crippen molar-refractivity contribution in [3.63, 3.8) is 0 Å². The van der Waals surface area contributed by atoms with Gasteiger partial charge in [-0.05, 0) is 53.7 Å². The van der Waals surface area contributed by atoms with Gasteiger partial charge in [-0.25, -0.2) is 4.79 Å². The molecule has 1 saturated heterocycles. The van der Waals surface area contributed by atoms with E-state index >= 15 is 0 Å². The van der Waals surface area contributed by atoms with Crippen molar-refractivity contribution < 1.29 is 19.5 Å². The lowest BCUT2D eigenvalue weighted by atomic mass is 10.1. The Labute approximate surface area is 150 Å². The number of ether oxygens (including phenoxy) is 1. The van der Waals surface area contributed by atoms with Crippen LogP contribution in [0, 0.1) is 18.6 Å². The maximum atomic E-state index is 11.9. The Bertz CT molecular complexity index is 847. The van der Waals surface area contributed by atoms with Crippen molar-refractivity contribution in [1.82, 2.24) is 19.8 Å². The molecule has 8 nitrogen and oxygen atoms in total. The summed E-state index contributed by atoms with van der Waals surface area (Å²) in [5, 5.41) is 18.2. The molecule has 3 atom stereocenters. The third kappa shape index (κ3) is 3.48. The van der Waals surface area contributed by atoms with Crippen molar-refractivity contribution in [2.45, 2.75) is 39.1 Å². The number of hydrogen-bond acceptors (Lipinski definition) is 6. The van der Waals surface area contributed by atoms with E-state index in [0.717, 1.165) is 21.7 Å². The number of aliphatic hydroxyl groups is 1. The molecule has 1 fully saturated rings. The van der Waals surface area contributed by atoms with E-state index in [-0.39, 0.29) is 5.97 Å². The van der Waals surface area contributed by atoms with Crippen LogP contribution in [0.15, 0.2) is 18.2 Å². The molecule has 25 heavy (non-hydrogen) atoms. The second-order valence-electron chi connectivity index (χ2n) is 6.45. The van der Waals surface area contributed by atoms with Crippen LogP contribution in [0.5, 0.6) is 0 Å². The molecular weight excluding hydrogens is 342 g/mol. The second-order valence-corrected chi connectivity index (χ2v) is 6.81. The van der Waals surface area contributed by atoms with Gasteiger partial charge in [0.2, 0.25) is 4.77 Å². The molecular formula is C16H22N5O3S+. The highest BCUT2D eigenvalue weighted by molar-refractivity contribution is 7.71. The van der Waals surface area contributed by atoms with Crippen LogP contribution in [0.25, 0.3) is 5.69 Å². The van der Waals surface area contributed by atoms with E-state index < -0.39 is 12.1 Å². The van der Waals surface area contributed by atoms with Gasteiger partial charge in [0.1, 0.15) is 12.6 Å². The van der Waals surface area contributed by atoms with Crippen LogP contribution < -0.4 is 4.90 Å². The van der Waals surface area contributed by atoms with Crippen molar-refractivity contribution >= 4 is 18.2 Å². The van der Waals surface area contributed by atoms with Crippen molar-refractivity contribution in [2.24, 2.45) is 0 Å². The molecule has 1 aliphatic rings. The number of benzene rings is 1. The number of nitrogens with zero attached hydrogens (tertiary/aromatic N) is 4. The van der Waals surface area contributed by atoms with Gasteiger partial charge in [-0.15, -0.1) is 0 Å². The van der Waals surface area contributed by atoms with E-state index in [9.17, 15) is 9.90 Å². The minimum Gasteiger partial charge on any atom is -0.465 e. The lowest BCUT2D eigenvalue weighted by molar-refractivity contribution is -0.928. The van der Waals surface area contributed by atoms with Crippen LogP contribution >= 0.6 is 12.2 Å². The molecule has 0 amide bonds. The number of quaternary nitrogens is 1. The van der Waals surface area contributed by atoms with Crippen molar-refractivity contribution in [3.05, 3.63) is 34.1 Å². The van der Waals surface area contributed by atoms with E-state index in [0.29, 0.717) is 24.4 Å². The van der Waals surface area contributed by atoms with Crippen molar-refractivity contribution in [1.29, 1.82) is 0 Å². The molecule has 2 heterocycles. The van der Waals surface area contributed by atoms with E-state index in [1.165, 1.54) is 7.11 Å². The zero-order valence-electron chi connectivity index (χ0n) is 14.5. The smallest absolute Gasteiger partial charge is 0.364 e. The van der Waals surface area contributed by atoms with E-state index in [1.54, 1.807) is 9.36 Å². The number of nitrogens with one attached hydrogen (secondary N) is 1. The number of carbonyl (C=O) groups excluding carboxylic acids is 1. The van der Waals surface area contributed by atoms with E-state index in [4.69, 9.17) is 17.0 Å². The normalized spacial score (nSPS) is 23.0. The zero-order valence-corrected chi connectivity index (χ0v) is 15.3. The van der Waals surface area contributed by atoms with Gasteiger partial charge in [0.05, 0.1) is 12.8 Å². The Hall–Kier alpha value is -2.10. The lowest BCUT2D eigenvalue weighted by Crippen LogP contribution is -3.14. The molecule has 1 aromatic carbocycles. The molecule has 0 spiro atoms. The molecule has 0 aliphatic carbocycles. The molecule has 0 saturated carbocycles. The Balaban J connectivity index is 1.88. The summed E-state index contributed by atoms with van der Waals surface area (Å²) in [4.78, 5) is 12.8. The molecule has 2 N–H and O–H groups in total. The van der Waals surface area contributed by atoms with Crippen LogP contribution in [0.1, 0.15) is 17.5 Å². The third-order valence-corrected chi connectivity index (χ3v) is 4.95. The minimum atomic E-state index is -0.540. The molecule has 9 heteroatoms. The molecule has 1 aliphatic heterocycles. The number of methoxy groups -OCH3 is 1. The maximum Gasteiger partial charge on any atom is 0.364 e. The Kier molecular flexibility index (Phi) is 4.98. The van der Waals surface area contributed by atoms with E-state index in [1.807, 2.05) is 32.0 Å². The second kappa shape index (κ2) is 7.03.